The van der Waals surface area contributed by atoms with Crippen LogP contribution in [0.2, 0.25) is 0 Å². The van der Waals surface area contributed by atoms with E-state index in [4.69, 9.17) is 0 Å². The van der Waals surface area contributed by atoms with E-state index in [9.17, 15) is 4.91 Å². The number of hydrogen-bond acceptors (Lipinski definition) is 2. The van der Waals surface area contributed by atoms with Gasteiger partial charge >= 0.3 is 0 Å². The molecule has 0 spiro atoms. The van der Waals surface area contributed by atoms with Crippen LogP contribution in [-0.2, 0) is 0 Å². The Bertz CT molecular complexity index is 147. The third kappa shape index (κ3) is 2.29. The van der Waals surface area contributed by atoms with E-state index in [-0.39, 0.29) is 0 Å². The van der Waals surface area contributed by atoms with Gasteiger partial charge in [0.2, 0.25) is 0 Å². The molecule has 70 valence electrons. The van der Waals surface area contributed by atoms with E-state index in [0.29, 0.717) is 12.5 Å². The Hall–Kier alpha value is -0.400. The van der Waals surface area contributed by atoms with Crippen molar-refractivity contribution in [1.29, 1.82) is 0 Å². The van der Waals surface area contributed by atoms with Gasteiger partial charge in [-0.2, -0.15) is 4.91 Å². The zero-order valence-electron chi connectivity index (χ0n) is 8.12. The van der Waals surface area contributed by atoms with E-state index in [1.807, 2.05) is 0 Å². The molecule has 0 aliphatic heterocycles. The van der Waals surface area contributed by atoms with Gasteiger partial charge in [0.1, 0.15) is 0 Å². The fourth-order valence-electron chi connectivity index (χ4n) is 2.21. The van der Waals surface area contributed by atoms with Crippen molar-refractivity contribution in [2.24, 2.45) is 22.9 Å². The van der Waals surface area contributed by atoms with Crippen LogP contribution in [-0.4, -0.2) is 6.54 Å². The average Bonchev–Trinajstić information content (AvgIpc) is 2.81. The maximum Gasteiger partial charge on any atom is 0.0841 e. The fourth-order valence-corrected chi connectivity index (χ4v) is 2.21. The summed E-state index contributed by atoms with van der Waals surface area (Å²) in [6.07, 6.45) is 5.10. The van der Waals surface area contributed by atoms with Gasteiger partial charge < -0.3 is 0 Å². The van der Waals surface area contributed by atoms with Gasteiger partial charge in [-0.05, 0) is 24.2 Å². The molecule has 3 unspecified atom stereocenters. The normalized spacial score (nSPS) is 29.8. The highest BCUT2D eigenvalue weighted by molar-refractivity contribution is 4.91. The summed E-state index contributed by atoms with van der Waals surface area (Å²) < 4.78 is 0. The van der Waals surface area contributed by atoms with Crippen molar-refractivity contribution in [1.82, 2.24) is 0 Å². The zero-order chi connectivity index (χ0) is 8.97. The Kier molecular flexibility index (Phi) is 3.70. The molecule has 0 heterocycles. The Labute approximate surface area is 74.7 Å². The molecule has 12 heavy (non-hydrogen) atoms. The number of hydrogen-bond donors (Lipinski definition) is 0. The molecule has 1 fully saturated rings. The highest BCUT2D eigenvalue weighted by Gasteiger charge is 2.40. The van der Waals surface area contributed by atoms with Gasteiger partial charge in [-0.3, -0.25) is 0 Å². The van der Waals surface area contributed by atoms with Crippen LogP contribution in [0, 0.1) is 22.7 Å². The first kappa shape index (κ1) is 9.69. The molecule has 1 saturated carbocycles. The second-order valence-electron chi connectivity index (χ2n) is 3.93. The summed E-state index contributed by atoms with van der Waals surface area (Å²) in [5, 5.41) is 3.01. The standard InChI is InChI=1S/C10H19NO/c1-3-5-9-6-10(9)8(4-2)7-11-12/h8-10H,3-7H2,1-2H3. The van der Waals surface area contributed by atoms with Gasteiger partial charge in [0.05, 0.1) is 6.54 Å². The predicted octanol–water partition coefficient (Wildman–Crippen LogP) is 3.22. The first-order valence-electron chi connectivity index (χ1n) is 5.12. The van der Waals surface area contributed by atoms with Crippen molar-refractivity contribution in [3.05, 3.63) is 4.91 Å². The Morgan fingerprint density at radius 3 is 2.75 bits per heavy atom. The first-order valence-corrected chi connectivity index (χ1v) is 5.12. The summed E-state index contributed by atoms with van der Waals surface area (Å²) in [5.74, 6) is 2.33. The van der Waals surface area contributed by atoms with Crippen LogP contribution in [0.1, 0.15) is 39.5 Å². The van der Waals surface area contributed by atoms with Crippen LogP contribution in [0.4, 0.5) is 0 Å². The second kappa shape index (κ2) is 4.58. The van der Waals surface area contributed by atoms with Gasteiger partial charge in [0, 0.05) is 0 Å². The zero-order valence-corrected chi connectivity index (χ0v) is 8.12. The summed E-state index contributed by atoms with van der Waals surface area (Å²) >= 11 is 0. The van der Waals surface area contributed by atoms with Crippen molar-refractivity contribution in [3.8, 4) is 0 Å². The number of nitroso groups, excluding NO2 is 1. The quantitative estimate of drug-likeness (QED) is 0.561. The lowest BCUT2D eigenvalue weighted by Crippen LogP contribution is -2.06. The lowest BCUT2D eigenvalue weighted by Gasteiger charge is -2.09. The fraction of sp³-hybridized carbons (Fsp3) is 1.00. The molecule has 0 amide bonds. The average molecular weight is 169 g/mol. The van der Waals surface area contributed by atoms with Crippen molar-refractivity contribution in [3.63, 3.8) is 0 Å². The van der Waals surface area contributed by atoms with Crippen LogP contribution in [0.5, 0.6) is 0 Å². The largest absolute Gasteiger partial charge is 0.151 e. The molecule has 1 aliphatic rings. The number of rotatable bonds is 6. The molecule has 1 rings (SSSR count). The van der Waals surface area contributed by atoms with Gasteiger partial charge in [0.25, 0.3) is 0 Å². The first-order chi connectivity index (χ1) is 5.83. The molecule has 2 nitrogen and oxygen atoms in total. The molecule has 0 aromatic heterocycles. The Morgan fingerprint density at radius 1 is 1.50 bits per heavy atom. The van der Waals surface area contributed by atoms with Gasteiger partial charge in [-0.1, -0.05) is 38.3 Å². The lowest BCUT2D eigenvalue weighted by atomic mass is 9.98. The summed E-state index contributed by atoms with van der Waals surface area (Å²) in [5.41, 5.74) is 0. The van der Waals surface area contributed by atoms with Crippen molar-refractivity contribution in [2.45, 2.75) is 39.5 Å². The predicted molar refractivity (Wildman–Crippen MR) is 50.9 cm³/mol. The summed E-state index contributed by atoms with van der Waals surface area (Å²) in [6, 6.07) is 0. The van der Waals surface area contributed by atoms with Gasteiger partial charge in [0.15, 0.2) is 0 Å². The van der Waals surface area contributed by atoms with Gasteiger partial charge in [-0.25, -0.2) is 0 Å². The van der Waals surface area contributed by atoms with Crippen molar-refractivity contribution >= 4 is 0 Å². The molecule has 0 N–H and O–H groups in total. The molecule has 0 aromatic carbocycles. The monoisotopic (exact) mass is 169 g/mol. The third-order valence-electron chi connectivity index (χ3n) is 3.08. The molecule has 1 aliphatic carbocycles. The lowest BCUT2D eigenvalue weighted by molar-refractivity contribution is 0.423. The highest BCUT2D eigenvalue weighted by Crippen LogP contribution is 2.48. The van der Waals surface area contributed by atoms with Gasteiger partial charge in [-0.15, -0.1) is 0 Å². The molecule has 0 saturated heterocycles. The van der Waals surface area contributed by atoms with E-state index in [2.05, 4.69) is 19.0 Å². The molecule has 0 bridgehead atoms. The van der Waals surface area contributed by atoms with Crippen molar-refractivity contribution in [2.75, 3.05) is 6.54 Å². The third-order valence-corrected chi connectivity index (χ3v) is 3.08. The minimum absolute atomic E-state index is 0.543. The van der Waals surface area contributed by atoms with Crippen LogP contribution >= 0.6 is 0 Å². The van der Waals surface area contributed by atoms with Crippen LogP contribution in [0.15, 0.2) is 5.18 Å². The minimum atomic E-state index is 0.543. The smallest absolute Gasteiger partial charge is 0.0841 e. The minimum Gasteiger partial charge on any atom is -0.151 e. The molecule has 0 aromatic rings. The molecular weight excluding hydrogens is 150 g/mol. The number of nitrogens with zero attached hydrogens (tertiary/aromatic N) is 1. The summed E-state index contributed by atoms with van der Waals surface area (Å²) in [6.45, 7) is 4.94. The van der Waals surface area contributed by atoms with E-state index >= 15 is 0 Å². The van der Waals surface area contributed by atoms with E-state index in [1.54, 1.807) is 0 Å². The molecule has 3 atom stereocenters. The topological polar surface area (TPSA) is 29.4 Å². The Balaban J connectivity index is 2.23. The second-order valence-corrected chi connectivity index (χ2v) is 3.93. The molecule has 0 radical (unpaired) electrons. The SMILES string of the molecule is CCCC1CC1C(CC)CN=O. The van der Waals surface area contributed by atoms with Crippen LogP contribution in [0.25, 0.3) is 0 Å². The van der Waals surface area contributed by atoms with E-state index < -0.39 is 0 Å². The summed E-state index contributed by atoms with van der Waals surface area (Å²) in [7, 11) is 0. The van der Waals surface area contributed by atoms with E-state index in [0.717, 1.165) is 18.3 Å². The maximum absolute atomic E-state index is 10.1. The van der Waals surface area contributed by atoms with Crippen LogP contribution < -0.4 is 0 Å². The van der Waals surface area contributed by atoms with Crippen molar-refractivity contribution < 1.29 is 0 Å². The summed E-state index contributed by atoms with van der Waals surface area (Å²) in [4.78, 5) is 10.1. The highest BCUT2D eigenvalue weighted by atomic mass is 16.3. The molecule has 2 heteroatoms. The van der Waals surface area contributed by atoms with E-state index in [1.165, 1.54) is 19.3 Å². The molecular formula is C10H19NO. The Morgan fingerprint density at radius 2 is 2.25 bits per heavy atom. The van der Waals surface area contributed by atoms with Crippen LogP contribution in [0.3, 0.4) is 0 Å². The maximum atomic E-state index is 10.1.